The summed E-state index contributed by atoms with van der Waals surface area (Å²) in [5.41, 5.74) is 8.04. The van der Waals surface area contributed by atoms with E-state index in [4.69, 9.17) is 10.3 Å². The van der Waals surface area contributed by atoms with Crippen LogP contribution in [0.1, 0.15) is 25.3 Å². The molecule has 0 bridgehead atoms. The van der Waals surface area contributed by atoms with E-state index in [9.17, 15) is 0 Å². The van der Waals surface area contributed by atoms with Gasteiger partial charge in [0.15, 0.2) is 0 Å². The number of nitrogen functional groups attached to an aromatic ring is 1. The second-order valence-corrected chi connectivity index (χ2v) is 5.41. The molecule has 3 aromatic rings. The highest BCUT2D eigenvalue weighted by molar-refractivity contribution is 5.53. The maximum Gasteiger partial charge on any atom is 0.237 e. The van der Waals surface area contributed by atoms with Crippen LogP contribution < -0.4 is 5.73 Å². The van der Waals surface area contributed by atoms with Gasteiger partial charge in [0.2, 0.25) is 11.7 Å². The molecule has 2 heterocycles. The van der Waals surface area contributed by atoms with Crippen molar-refractivity contribution in [3.05, 3.63) is 60.2 Å². The number of benzene rings is 1. The van der Waals surface area contributed by atoms with Crippen LogP contribution in [0.2, 0.25) is 0 Å². The Labute approximate surface area is 122 Å². The predicted molar refractivity (Wildman–Crippen MR) is 80.5 cm³/mol. The van der Waals surface area contributed by atoms with Gasteiger partial charge in [0.05, 0.1) is 5.41 Å². The molecule has 0 aliphatic rings. The number of pyridine rings is 1. The summed E-state index contributed by atoms with van der Waals surface area (Å²) in [6.07, 6.45) is 3.41. The number of rotatable bonds is 3. The van der Waals surface area contributed by atoms with Gasteiger partial charge in [-0.15, -0.1) is 0 Å². The third kappa shape index (κ3) is 2.50. The maximum absolute atomic E-state index is 5.73. The summed E-state index contributed by atoms with van der Waals surface area (Å²) in [6.45, 7) is 4.09. The Hall–Kier alpha value is -2.69. The first-order valence-corrected chi connectivity index (χ1v) is 6.68. The molecule has 0 unspecified atom stereocenters. The number of hydrogen-bond acceptors (Lipinski definition) is 5. The van der Waals surface area contributed by atoms with E-state index >= 15 is 0 Å². The zero-order valence-corrected chi connectivity index (χ0v) is 11.9. The highest BCUT2D eigenvalue weighted by Crippen LogP contribution is 2.31. The van der Waals surface area contributed by atoms with Gasteiger partial charge in [0.25, 0.3) is 0 Å². The molecule has 2 N–H and O–H groups in total. The highest BCUT2D eigenvalue weighted by Gasteiger charge is 2.30. The Morgan fingerprint density at radius 3 is 2.33 bits per heavy atom. The molecule has 3 rings (SSSR count). The lowest BCUT2D eigenvalue weighted by molar-refractivity contribution is 0.333. The number of aromatic nitrogens is 3. The minimum absolute atomic E-state index is 0.383. The van der Waals surface area contributed by atoms with Crippen LogP contribution in [-0.2, 0) is 5.41 Å². The molecular weight excluding hydrogens is 264 g/mol. The molecule has 0 atom stereocenters. The first kappa shape index (κ1) is 13.3. The van der Waals surface area contributed by atoms with Crippen LogP contribution in [0.5, 0.6) is 0 Å². The summed E-state index contributed by atoms with van der Waals surface area (Å²) < 4.78 is 5.46. The lowest BCUT2D eigenvalue weighted by Gasteiger charge is -2.20. The molecule has 5 nitrogen and oxygen atoms in total. The second-order valence-electron chi connectivity index (χ2n) is 5.41. The third-order valence-electron chi connectivity index (χ3n) is 3.53. The molecular formula is C16H16N4O. The largest absolute Gasteiger partial charge is 0.399 e. The number of anilines is 1. The van der Waals surface area contributed by atoms with Crippen molar-refractivity contribution < 1.29 is 4.52 Å². The van der Waals surface area contributed by atoms with Crippen LogP contribution in [0, 0.1) is 0 Å². The molecule has 0 fully saturated rings. The summed E-state index contributed by atoms with van der Waals surface area (Å²) in [6, 6.07) is 11.4. The smallest absolute Gasteiger partial charge is 0.237 e. The fourth-order valence-electron chi connectivity index (χ4n) is 2.12. The van der Waals surface area contributed by atoms with E-state index in [0.717, 1.165) is 16.8 Å². The minimum atomic E-state index is -0.383. The molecule has 21 heavy (non-hydrogen) atoms. The van der Waals surface area contributed by atoms with E-state index in [0.29, 0.717) is 11.7 Å². The van der Waals surface area contributed by atoms with E-state index in [1.54, 1.807) is 12.4 Å². The van der Waals surface area contributed by atoms with Gasteiger partial charge in [-0.1, -0.05) is 17.3 Å². The van der Waals surface area contributed by atoms with Crippen LogP contribution in [0.4, 0.5) is 5.69 Å². The summed E-state index contributed by atoms with van der Waals surface area (Å²) in [7, 11) is 0. The van der Waals surface area contributed by atoms with Crippen LogP contribution in [0.15, 0.2) is 53.3 Å². The normalized spacial score (nSPS) is 11.5. The molecule has 0 saturated heterocycles. The standard InChI is InChI=1S/C16H16N4O/c1-16(2,12-3-5-13(17)6-4-12)15-19-14(20-21-15)11-7-9-18-10-8-11/h3-10H,17H2,1-2H3. The zero-order valence-electron chi connectivity index (χ0n) is 11.9. The number of hydrogen-bond donors (Lipinski definition) is 1. The Morgan fingerprint density at radius 2 is 1.67 bits per heavy atom. The van der Waals surface area contributed by atoms with Crippen LogP contribution in [0.25, 0.3) is 11.4 Å². The molecule has 0 radical (unpaired) electrons. The maximum atomic E-state index is 5.73. The first-order chi connectivity index (χ1) is 10.1. The minimum Gasteiger partial charge on any atom is -0.399 e. The summed E-state index contributed by atoms with van der Waals surface area (Å²) in [4.78, 5) is 8.50. The number of nitrogens with zero attached hydrogens (tertiary/aromatic N) is 3. The molecule has 0 amide bonds. The first-order valence-electron chi connectivity index (χ1n) is 6.68. The quantitative estimate of drug-likeness (QED) is 0.746. The van der Waals surface area contributed by atoms with Crippen LogP contribution >= 0.6 is 0 Å². The zero-order chi connectivity index (χ0) is 14.9. The third-order valence-corrected chi connectivity index (χ3v) is 3.53. The van der Waals surface area contributed by atoms with Crippen molar-refractivity contribution in [2.75, 3.05) is 5.73 Å². The van der Waals surface area contributed by atoms with Crippen LogP contribution in [0.3, 0.4) is 0 Å². The molecule has 0 aliphatic heterocycles. The molecule has 5 heteroatoms. The molecule has 0 aliphatic carbocycles. The average molecular weight is 280 g/mol. The Balaban J connectivity index is 1.97. The molecule has 106 valence electrons. The molecule has 2 aromatic heterocycles. The molecule has 0 saturated carbocycles. The average Bonchev–Trinajstić information content (AvgIpc) is 2.99. The van der Waals surface area contributed by atoms with Gasteiger partial charge in [-0.05, 0) is 43.7 Å². The van der Waals surface area contributed by atoms with E-state index in [-0.39, 0.29) is 5.41 Å². The van der Waals surface area contributed by atoms with Crippen molar-refractivity contribution in [1.82, 2.24) is 15.1 Å². The van der Waals surface area contributed by atoms with Gasteiger partial charge in [-0.3, -0.25) is 4.98 Å². The fourth-order valence-corrected chi connectivity index (χ4v) is 2.12. The summed E-state index contributed by atoms with van der Waals surface area (Å²) in [5.74, 6) is 1.13. The summed E-state index contributed by atoms with van der Waals surface area (Å²) in [5, 5.41) is 4.06. The monoisotopic (exact) mass is 280 g/mol. The molecule has 0 spiro atoms. The Bertz CT molecular complexity index is 732. The molecule has 1 aromatic carbocycles. The van der Waals surface area contributed by atoms with E-state index < -0.39 is 0 Å². The van der Waals surface area contributed by atoms with E-state index in [2.05, 4.69) is 15.1 Å². The van der Waals surface area contributed by atoms with Crippen molar-refractivity contribution in [2.24, 2.45) is 0 Å². The van der Waals surface area contributed by atoms with Gasteiger partial charge in [0.1, 0.15) is 0 Å². The lowest BCUT2D eigenvalue weighted by Crippen LogP contribution is -2.19. The van der Waals surface area contributed by atoms with Gasteiger partial charge in [-0.2, -0.15) is 4.98 Å². The Morgan fingerprint density at radius 1 is 1.00 bits per heavy atom. The topological polar surface area (TPSA) is 77.8 Å². The second kappa shape index (κ2) is 5.01. The highest BCUT2D eigenvalue weighted by atomic mass is 16.5. The number of nitrogens with two attached hydrogens (primary N) is 1. The van der Waals surface area contributed by atoms with Gasteiger partial charge < -0.3 is 10.3 Å². The van der Waals surface area contributed by atoms with Gasteiger partial charge in [-0.25, -0.2) is 0 Å². The van der Waals surface area contributed by atoms with Gasteiger partial charge >= 0.3 is 0 Å². The predicted octanol–water partition coefficient (Wildman–Crippen LogP) is 3.04. The van der Waals surface area contributed by atoms with Crippen molar-refractivity contribution in [2.45, 2.75) is 19.3 Å². The van der Waals surface area contributed by atoms with E-state index in [1.807, 2.05) is 50.2 Å². The van der Waals surface area contributed by atoms with Crippen molar-refractivity contribution in [1.29, 1.82) is 0 Å². The van der Waals surface area contributed by atoms with Crippen molar-refractivity contribution in [3.8, 4) is 11.4 Å². The lowest BCUT2D eigenvalue weighted by atomic mass is 9.84. The van der Waals surface area contributed by atoms with E-state index in [1.165, 1.54) is 0 Å². The van der Waals surface area contributed by atoms with Crippen molar-refractivity contribution in [3.63, 3.8) is 0 Å². The van der Waals surface area contributed by atoms with Crippen molar-refractivity contribution >= 4 is 5.69 Å². The SMILES string of the molecule is CC(C)(c1ccc(N)cc1)c1nc(-c2ccncc2)no1. The Kier molecular flexibility index (Phi) is 3.17. The summed E-state index contributed by atoms with van der Waals surface area (Å²) >= 11 is 0. The van der Waals surface area contributed by atoms with Gasteiger partial charge in [0, 0.05) is 23.6 Å². The van der Waals surface area contributed by atoms with Crippen LogP contribution in [-0.4, -0.2) is 15.1 Å². The fraction of sp³-hybridized carbons (Fsp3) is 0.188.